The highest BCUT2D eigenvalue weighted by Gasteiger charge is 2.25. The van der Waals surface area contributed by atoms with E-state index in [-0.39, 0.29) is 41.2 Å². The van der Waals surface area contributed by atoms with Gasteiger partial charge in [-0.05, 0) is 30.2 Å². The first-order valence-electron chi connectivity index (χ1n) is 8.55. The quantitative estimate of drug-likeness (QED) is 0.563. The van der Waals surface area contributed by atoms with E-state index in [0.717, 1.165) is 18.5 Å². The number of benzene rings is 2. The highest BCUT2D eigenvalue weighted by atomic mass is 35.5. The Balaban J connectivity index is 0.00000280. The maximum absolute atomic E-state index is 12.6. The molecule has 2 N–H and O–H groups in total. The summed E-state index contributed by atoms with van der Waals surface area (Å²) in [4.78, 5) is 23.3. The third-order valence-electron chi connectivity index (χ3n) is 4.60. The number of rotatable bonds is 6. The van der Waals surface area contributed by atoms with E-state index in [1.807, 2.05) is 18.2 Å². The Kier molecular flexibility index (Phi) is 7.19. The average Bonchev–Trinajstić information content (AvgIpc) is 2.70. The van der Waals surface area contributed by atoms with E-state index in [2.05, 4.69) is 16.7 Å². The number of hydrogen-bond acceptors (Lipinski definition) is 6. The summed E-state index contributed by atoms with van der Waals surface area (Å²) in [6, 6.07) is 10.7. The van der Waals surface area contributed by atoms with Crippen molar-refractivity contribution < 1.29 is 19.2 Å². The maximum Gasteiger partial charge on any atom is 0.315 e. The second kappa shape index (κ2) is 9.38. The van der Waals surface area contributed by atoms with Gasteiger partial charge in [0, 0.05) is 18.7 Å². The zero-order chi connectivity index (χ0) is 19.4. The standard InChI is InChI=1S/C19H21N3O5.ClH/c1-26-17-10-13(9-16(22(24)25)18(17)27-2)19(23)21-11-15-14-6-4-3-5-12(14)7-8-20-15;/h3-6,9-10,15,20H,7-8,11H2,1-2H3,(H,21,23);1H. The molecule has 3 rings (SSSR count). The number of ether oxygens (including phenoxy) is 2. The summed E-state index contributed by atoms with van der Waals surface area (Å²) in [6.07, 6.45) is 0.947. The molecule has 0 fully saturated rings. The summed E-state index contributed by atoms with van der Waals surface area (Å²) in [5.74, 6) is -0.288. The second-order valence-electron chi connectivity index (χ2n) is 6.15. The first-order chi connectivity index (χ1) is 13.0. The number of hydrogen-bond donors (Lipinski definition) is 2. The van der Waals surface area contributed by atoms with Crippen LogP contribution in [0.25, 0.3) is 0 Å². The van der Waals surface area contributed by atoms with Crippen molar-refractivity contribution in [3.05, 3.63) is 63.2 Å². The first kappa shape index (κ1) is 21.5. The summed E-state index contributed by atoms with van der Waals surface area (Å²) in [5, 5.41) is 17.5. The number of carbonyl (C=O) groups is 1. The molecule has 1 aliphatic heterocycles. The van der Waals surface area contributed by atoms with Crippen molar-refractivity contribution in [2.45, 2.75) is 12.5 Å². The van der Waals surface area contributed by atoms with Crippen molar-refractivity contribution in [2.24, 2.45) is 0 Å². The Morgan fingerprint density at radius 3 is 2.71 bits per heavy atom. The summed E-state index contributed by atoms with van der Waals surface area (Å²) < 4.78 is 10.2. The Hall–Kier alpha value is -2.84. The van der Waals surface area contributed by atoms with Gasteiger partial charge in [0.1, 0.15) is 0 Å². The topological polar surface area (TPSA) is 103 Å². The van der Waals surface area contributed by atoms with E-state index < -0.39 is 10.8 Å². The monoisotopic (exact) mass is 407 g/mol. The fourth-order valence-electron chi connectivity index (χ4n) is 3.28. The molecule has 1 aliphatic rings. The Morgan fingerprint density at radius 1 is 1.29 bits per heavy atom. The molecule has 0 radical (unpaired) electrons. The number of nitro benzene ring substituents is 1. The minimum atomic E-state index is -0.600. The molecule has 2 aromatic rings. The molecule has 0 saturated carbocycles. The Labute approximate surface area is 168 Å². The predicted octanol–water partition coefficient (Wildman–Crippen LogP) is 2.65. The lowest BCUT2D eigenvalue weighted by Gasteiger charge is -2.27. The van der Waals surface area contributed by atoms with Gasteiger partial charge >= 0.3 is 5.69 Å². The van der Waals surface area contributed by atoms with Crippen LogP contribution in [0.15, 0.2) is 36.4 Å². The van der Waals surface area contributed by atoms with Crippen LogP contribution in [-0.4, -0.2) is 38.1 Å². The number of amides is 1. The van der Waals surface area contributed by atoms with Crippen molar-refractivity contribution in [2.75, 3.05) is 27.3 Å². The van der Waals surface area contributed by atoms with E-state index in [1.165, 1.54) is 31.9 Å². The summed E-state index contributed by atoms with van der Waals surface area (Å²) >= 11 is 0. The van der Waals surface area contributed by atoms with Gasteiger partial charge in [0.2, 0.25) is 5.75 Å². The lowest BCUT2D eigenvalue weighted by atomic mass is 9.94. The van der Waals surface area contributed by atoms with Gasteiger partial charge in [-0.2, -0.15) is 0 Å². The number of nitrogens with zero attached hydrogens (tertiary/aromatic N) is 1. The number of halogens is 1. The zero-order valence-corrected chi connectivity index (χ0v) is 16.4. The van der Waals surface area contributed by atoms with Crippen LogP contribution in [0.2, 0.25) is 0 Å². The Bertz CT molecular complexity index is 875. The fourth-order valence-corrected chi connectivity index (χ4v) is 3.28. The van der Waals surface area contributed by atoms with E-state index in [9.17, 15) is 14.9 Å². The fraction of sp³-hybridized carbons (Fsp3) is 0.316. The molecule has 150 valence electrons. The smallest absolute Gasteiger partial charge is 0.315 e. The number of nitro groups is 1. The SMILES string of the molecule is COc1cc(C(=O)NCC2NCCc3ccccc32)cc([N+](=O)[O-])c1OC.Cl. The van der Waals surface area contributed by atoms with Crippen LogP contribution >= 0.6 is 12.4 Å². The van der Waals surface area contributed by atoms with Crippen LogP contribution < -0.4 is 20.1 Å². The largest absolute Gasteiger partial charge is 0.493 e. The van der Waals surface area contributed by atoms with Gasteiger partial charge in [-0.3, -0.25) is 14.9 Å². The van der Waals surface area contributed by atoms with Crippen molar-refractivity contribution in [1.82, 2.24) is 10.6 Å². The third kappa shape index (κ3) is 4.35. The van der Waals surface area contributed by atoms with E-state index in [0.29, 0.717) is 6.54 Å². The van der Waals surface area contributed by atoms with Gasteiger partial charge < -0.3 is 20.1 Å². The highest BCUT2D eigenvalue weighted by Crippen LogP contribution is 2.38. The molecule has 8 nitrogen and oxygen atoms in total. The molecule has 28 heavy (non-hydrogen) atoms. The van der Waals surface area contributed by atoms with Crippen LogP contribution in [-0.2, 0) is 6.42 Å². The van der Waals surface area contributed by atoms with E-state index in [1.54, 1.807) is 0 Å². The summed E-state index contributed by atoms with van der Waals surface area (Å²) in [5.41, 5.74) is 2.24. The van der Waals surface area contributed by atoms with E-state index >= 15 is 0 Å². The predicted molar refractivity (Wildman–Crippen MR) is 107 cm³/mol. The third-order valence-corrected chi connectivity index (χ3v) is 4.60. The molecule has 0 bridgehead atoms. The zero-order valence-electron chi connectivity index (χ0n) is 15.6. The van der Waals surface area contributed by atoms with Crippen LogP contribution in [0, 0.1) is 10.1 Å². The van der Waals surface area contributed by atoms with Crippen molar-refractivity contribution in [1.29, 1.82) is 0 Å². The van der Waals surface area contributed by atoms with Gasteiger partial charge in [0.05, 0.1) is 24.7 Å². The number of methoxy groups -OCH3 is 2. The van der Waals surface area contributed by atoms with Crippen LogP contribution in [0.4, 0.5) is 5.69 Å². The van der Waals surface area contributed by atoms with Crippen LogP contribution in [0.5, 0.6) is 11.5 Å². The van der Waals surface area contributed by atoms with Gasteiger partial charge in [-0.25, -0.2) is 0 Å². The second-order valence-corrected chi connectivity index (χ2v) is 6.15. The molecule has 0 aliphatic carbocycles. The molecule has 1 heterocycles. The van der Waals surface area contributed by atoms with Crippen LogP contribution in [0.1, 0.15) is 27.5 Å². The lowest BCUT2D eigenvalue weighted by molar-refractivity contribution is -0.385. The summed E-state index contributed by atoms with van der Waals surface area (Å²) in [6.45, 7) is 1.21. The Morgan fingerprint density at radius 2 is 2.04 bits per heavy atom. The van der Waals surface area contributed by atoms with Crippen molar-refractivity contribution in [3.63, 3.8) is 0 Å². The van der Waals surface area contributed by atoms with Crippen molar-refractivity contribution >= 4 is 24.0 Å². The number of nitrogens with one attached hydrogen (secondary N) is 2. The molecule has 1 amide bonds. The number of fused-ring (bicyclic) bond motifs is 1. The number of carbonyl (C=O) groups excluding carboxylic acids is 1. The van der Waals surface area contributed by atoms with Gasteiger partial charge in [-0.1, -0.05) is 24.3 Å². The maximum atomic E-state index is 12.6. The molecule has 9 heteroatoms. The molecule has 1 unspecified atom stereocenters. The van der Waals surface area contributed by atoms with Crippen molar-refractivity contribution in [3.8, 4) is 11.5 Å². The minimum absolute atomic E-state index is 0. The van der Waals surface area contributed by atoms with E-state index in [4.69, 9.17) is 9.47 Å². The molecule has 0 aromatic heterocycles. The molecular formula is C19H22ClN3O5. The molecule has 0 spiro atoms. The molecule has 0 saturated heterocycles. The van der Waals surface area contributed by atoms with Gasteiger partial charge in [0.15, 0.2) is 5.75 Å². The summed E-state index contributed by atoms with van der Waals surface area (Å²) in [7, 11) is 2.68. The van der Waals surface area contributed by atoms with Gasteiger partial charge in [0.25, 0.3) is 5.91 Å². The average molecular weight is 408 g/mol. The highest BCUT2D eigenvalue weighted by molar-refractivity contribution is 5.96. The molecule has 2 aromatic carbocycles. The molecule has 1 atom stereocenters. The van der Waals surface area contributed by atoms with Gasteiger partial charge in [-0.15, -0.1) is 12.4 Å². The molecular weight excluding hydrogens is 386 g/mol. The normalized spacial score (nSPS) is 15.0. The van der Waals surface area contributed by atoms with Crippen LogP contribution in [0.3, 0.4) is 0 Å². The first-order valence-corrected chi connectivity index (χ1v) is 8.55. The minimum Gasteiger partial charge on any atom is -0.493 e. The lowest BCUT2D eigenvalue weighted by Crippen LogP contribution is -2.38.